The zero-order valence-electron chi connectivity index (χ0n) is 15.8. The van der Waals surface area contributed by atoms with Gasteiger partial charge in [-0.15, -0.1) is 0 Å². The first-order valence-corrected chi connectivity index (χ1v) is 9.23. The van der Waals surface area contributed by atoms with Gasteiger partial charge in [0.15, 0.2) is 0 Å². The van der Waals surface area contributed by atoms with Crippen LogP contribution in [0.2, 0.25) is 0 Å². The molecule has 4 rings (SSSR count). The van der Waals surface area contributed by atoms with Crippen molar-refractivity contribution in [1.82, 2.24) is 0 Å². The fourth-order valence-corrected chi connectivity index (χ4v) is 3.20. The number of fused-ring (bicyclic) bond motifs is 1. The molecule has 29 heavy (non-hydrogen) atoms. The van der Waals surface area contributed by atoms with Crippen LogP contribution in [-0.4, -0.2) is 6.29 Å². The van der Waals surface area contributed by atoms with Gasteiger partial charge >= 0.3 is 0 Å². The van der Waals surface area contributed by atoms with E-state index in [0.29, 0.717) is 18.7 Å². The average molecular weight is 462 g/mol. The Morgan fingerprint density at radius 3 is 2.17 bits per heavy atom. The summed E-state index contributed by atoms with van der Waals surface area (Å²) in [6, 6.07) is 29.9. The number of anilines is 1. The quantitative estimate of drug-likeness (QED) is 0.292. The summed E-state index contributed by atoms with van der Waals surface area (Å²) in [7, 11) is 0. The molecule has 4 heteroatoms. The van der Waals surface area contributed by atoms with E-state index in [1.807, 2.05) is 54.8 Å². The standard InChI is InChI=1S/C25H20NO2.Mo/c27-17-19-10-13-22(14-11-19)26-16-21-12-15-25(24-9-5-4-8-23(21)24)28-18-20-6-2-1-3-7-20;/h1-15,26H,16,18H2;/q-1;. The molecule has 0 aliphatic carbocycles. The van der Waals surface area contributed by atoms with Crippen LogP contribution in [0, 0.1) is 0 Å². The first-order valence-electron chi connectivity index (χ1n) is 9.23. The second kappa shape index (κ2) is 10.0. The fourth-order valence-electron chi connectivity index (χ4n) is 3.20. The van der Waals surface area contributed by atoms with E-state index in [2.05, 4.69) is 35.6 Å². The van der Waals surface area contributed by atoms with Crippen molar-refractivity contribution in [1.29, 1.82) is 0 Å². The summed E-state index contributed by atoms with van der Waals surface area (Å²) in [5, 5.41) is 5.68. The minimum Gasteiger partial charge on any atom is -0.488 e. The number of carbonyl (C=O) groups excluding carboxylic acids is 1. The third-order valence-electron chi connectivity index (χ3n) is 4.70. The maximum absolute atomic E-state index is 10.7. The Bertz CT molecular complexity index is 1080. The van der Waals surface area contributed by atoms with Crippen LogP contribution >= 0.6 is 0 Å². The first-order chi connectivity index (χ1) is 13.8. The van der Waals surface area contributed by atoms with Crippen LogP contribution in [0.4, 0.5) is 5.69 Å². The van der Waals surface area contributed by atoms with Gasteiger partial charge in [-0.25, -0.2) is 0 Å². The smallest absolute Gasteiger partial charge is 0.127 e. The zero-order chi connectivity index (χ0) is 19.2. The van der Waals surface area contributed by atoms with E-state index in [1.54, 1.807) is 12.1 Å². The number of rotatable bonds is 7. The van der Waals surface area contributed by atoms with Gasteiger partial charge in [-0.2, -0.15) is 17.7 Å². The third-order valence-corrected chi connectivity index (χ3v) is 4.70. The molecule has 0 aromatic heterocycles. The zero-order valence-corrected chi connectivity index (χ0v) is 17.8. The van der Waals surface area contributed by atoms with Crippen molar-refractivity contribution in [3.63, 3.8) is 0 Å². The van der Waals surface area contributed by atoms with Gasteiger partial charge in [0.25, 0.3) is 0 Å². The molecule has 0 aliphatic heterocycles. The maximum atomic E-state index is 10.7. The van der Waals surface area contributed by atoms with Gasteiger partial charge in [0, 0.05) is 38.7 Å². The van der Waals surface area contributed by atoms with Crippen LogP contribution < -0.4 is 10.1 Å². The minimum absolute atomic E-state index is 0. The van der Waals surface area contributed by atoms with E-state index >= 15 is 0 Å². The van der Waals surface area contributed by atoms with E-state index in [9.17, 15) is 4.79 Å². The fraction of sp³-hybridized carbons (Fsp3) is 0.0800. The summed E-state index contributed by atoms with van der Waals surface area (Å²) >= 11 is 0. The van der Waals surface area contributed by atoms with E-state index in [4.69, 9.17) is 4.74 Å². The Labute approximate surface area is 185 Å². The van der Waals surface area contributed by atoms with Crippen molar-refractivity contribution in [2.75, 3.05) is 5.32 Å². The summed E-state index contributed by atoms with van der Waals surface area (Å²) < 4.78 is 6.09. The molecule has 3 nitrogen and oxygen atoms in total. The second-order valence-electron chi connectivity index (χ2n) is 6.58. The van der Waals surface area contributed by atoms with E-state index in [1.165, 1.54) is 10.9 Å². The predicted octanol–water partition coefficient (Wildman–Crippen LogP) is 5.49. The second-order valence-corrected chi connectivity index (χ2v) is 6.58. The topological polar surface area (TPSA) is 38.3 Å². The van der Waals surface area contributed by atoms with Crippen molar-refractivity contribution in [2.24, 2.45) is 0 Å². The molecule has 4 aromatic rings. The molecule has 0 amide bonds. The monoisotopic (exact) mass is 464 g/mol. The van der Waals surface area contributed by atoms with Gasteiger partial charge < -0.3 is 14.8 Å². The van der Waals surface area contributed by atoms with Crippen LogP contribution in [0.25, 0.3) is 10.8 Å². The molecule has 0 aliphatic rings. The van der Waals surface area contributed by atoms with Gasteiger partial charge in [-0.05, 0) is 22.6 Å². The first kappa shape index (κ1) is 20.8. The molecule has 0 atom stereocenters. The number of nitrogens with one attached hydrogen (secondary N) is 1. The molecule has 0 heterocycles. The van der Waals surface area contributed by atoms with Crippen molar-refractivity contribution >= 4 is 22.7 Å². The molecule has 0 bridgehead atoms. The number of hydrogen-bond acceptors (Lipinski definition) is 3. The Kier molecular flexibility index (Phi) is 7.21. The SMILES string of the molecule is O=[C-]c1ccc(NCc2ccc(OCc3ccccc3)c3ccccc23)cc1.[Mo]. The number of benzene rings is 4. The Morgan fingerprint density at radius 2 is 1.45 bits per heavy atom. The number of ether oxygens (including phenoxy) is 1. The molecule has 0 saturated carbocycles. The third kappa shape index (κ3) is 5.13. The Balaban J connectivity index is 0.00000240. The van der Waals surface area contributed by atoms with E-state index < -0.39 is 0 Å². The molecule has 0 fully saturated rings. The van der Waals surface area contributed by atoms with Gasteiger partial charge in [-0.1, -0.05) is 72.8 Å². The summed E-state index contributed by atoms with van der Waals surface area (Å²) in [5.41, 5.74) is 3.85. The molecule has 4 aromatic carbocycles. The summed E-state index contributed by atoms with van der Waals surface area (Å²) in [5.74, 6) is 0.883. The van der Waals surface area contributed by atoms with Crippen LogP contribution in [0.1, 0.15) is 16.7 Å². The molecule has 144 valence electrons. The van der Waals surface area contributed by atoms with Crippen LogP contribution in [0.15, 0.2) is 91.0 Å². The predicted molar refractivity (Wildman–Crippen MR) is 113 cm³/mol. The van der Waals surface area contributed by atoms with Gasteiger partial charge in [0.05, 0.1) is 6.29 Å². The molecule has 0 saturated heterocycles. The normalized spacial score (nSPS) is 10.2. The van der Waals surface area contributed by atoms with Crippen LogP contribution in [0.3, 0.4) is 0 Å². The van der Waals surface area contributed by atoms with E-state index in [0.717, 1.165) is 22.4 Å². The van der Waals surface area contributed by atoms with Crippen molar-refractivity contribution in [3.8, 4) is 5.75 Å². The van der Waals surface area contributed by atoms with Gasteiger partial charge in [0.1, 0.15) is 12.4 Å². The average Bonchev–Trinajstić information content (AvgIpc) is 2.77. The largest absolute Gasteiger partial charge is 0.488 e. The summed E-state index contributed by atoms with van der Waals surface area (Å²) in [6.45, 7) is 1.23. The van der Waals surface area contributed by atoms with E-state index in [-0.39, 0.29) is 21.1 Å². The van der Waals surface area contributed by atoms with Gasteiger partial charge in [0.2, 0.25) is 0 Å². The molecule has 0 spiro atoms. The maximum Gasteiger partial charge on any atom is 0.127 e. The molecule has 1 N–H and O–H groups in total. The Hall–Kier alpha value is -2.90. The number of hydrogen-bond donors (Lipinski definition) is 1. The van der Waals surface area contributed by atoms with Crippen molar-refractivity contribution < 1.29 is 30.6 Å². The minimum atomic E-state index is 0. The molecule has 0 radical (unpaired) electrons. The summed E-state index contributed by atoms with van der Waals surface area (Å²) in [6.07, 6.45) is 1.89. The van der Waals surface area contributed by atoms with Gasteiger partial charge in [-0.3, -0.25) is 0 Å². The molecular formula is C25H20MoNO2-. The van der Waals surface area contributed by atoms with Crippen LogP contribution in [-0.2, 0) is 39.0 Å². The molecule has 0 unspecified atom stereocenters. The van der Waals surface area contributed by atoms with Crippen LogP contribution in [0.5, 0.6) is 5.75 Å². The van der Waals surface area contributed by atoms with Crippen molar-refractivity contribution in [3.05, 3.63) is 108 Å². The van der Waals surface area contributed by atoms with Crippen molar-refractivity contribution in [2.45, 2.75) is 13.2 Å². The summed E-state index contributed by atoms with van der Waals surface area (Å²) in [4.78, 5) is 10.7. The molecular weight excluding hydrogens is 442 g/mol. The Morgan fingerprint density at radius 1 is 0.759 bits per heavy atom.